The van der Waals surface area contributed by atoms with E-state index in [1.165, 1.54) is 25.1 Å². The predicted molar refractivity (Wildman–Crippen MR) is 73.3 cm³/mol. The van der Waals surface area contributed by atoms with Crippen molar-refractivity contribution in [2.24, 2.45) is 0 Å². The van der Waals surface area contributed by atoms with E-state index in [4.69, 9.17) is 4.74 Å². The van der Waals surface area contributed by atoms with E-state index in [1.807, 2.05) is 0 Å². The summed E-state index contributed by atoms with van der Waals surface area (Å²) >= 11 is 0. The SMILES string of the molecule is C[C@@H](OC(=O)c1cc(F)cc(F)c1)c1cccc([N+](=O)[O-])c1. The number of esters is 1. The minimum Gasteiger partial charge on any atom is -0.454 e. The smallest absolute Gasteiger partial charge is 0.338 e. The van der Waals surface area contributed by atoms with Crippen molar-refractivity contribution in [2.75, 3.05) is 0 Å². The van der Waals surface area contributed by atoms with Crippen molar-refractivity contribution in [1.29, 1.82) is 0 Å². The van der Waals surface area contributed by atoms with E-state index < -0.39 is 28.6 Å². The first-order chi connectivity index (χ1) is 10.4. The van der Waals surface area contributed by atoms with Crippen LogP contribution in [0.2, 0.25) is 0 Å². The number of rotatable bonds is 4. The molecule has 0 amide bonds. The zero-order valence-electron chi connectivity index (χ0n) is 11.5. The molecule has 7 heteroatoms. The maximum absolute atomic E-state index is 13.1. The third-order valence-electron chi connectivity index (χ3n) is 2.93. The monoisotopic (exact) mass is 307 g/mol. The van der Waals surface area contributed by atoms with Crippen LogP contribution in [0.3, 0.4) is 0 Å². The van der Waals surface area contributed by atoms with Crippen LogP contribution in [0.25, 0.3) is 0 Å². The Labute approximate surface area is 124 Å². The van der Waals surface area contributed by atoms with Gasteiger partial charge in [-0.15, -0.1) is 0 Å². The lowest BCUT2D eigenvalue weighted by molar-refractivity contribution is -0.385. The Hall–Kier alpha value is -2.83. The number of ether oxygens (including phenoxy) is 1. The molecule has 0 bridgehead atoms. The highest BCUT2D eigenvalue weighted by Crippen LogP contribution is 2.23. The molecule has 0 aliphatic carbocycles. The quantitative estimate of drug-likeness (QED) is 0.489. The number of nitro groups is 1. The molecule has 2 aromatic carbocycles. The predicted octanol–water partition coefficient (Wildman–Crippen LogP) is 3.79. The zero-order chi connectivity index (χ0) is 16.3. The van der Waals surface area contributed by atoms with Crippen LogP contribution in [-0.2, 0) is 4.74 Å². The molecule has 5 nitrogen and oxygen atoms in total. The lowest BCUT2D eigenvalue weighted by Crippen LogP contribution is -2.10. The average Bonchev–Trinajstić information content (AvgIpc) is 2.46. The van der Waals surface area contributed by atoms with E-state index in [0.717, 1.165) is 12.1 Å². The minimum atomic E-state index is -0.919. The van der Waals surface area contributed by atoms with Crippen LogP contribution in [0, 0.1) is 21.7 Å². The molecule has 0 saturated heterocycles. The van der Waals surface area contributed by atoms with E-state index in [2.05, 4.69) is 0 Å². The lowest BCUT2D eigenvalue weighted by Gasteiger charge is -2.13. The summed E-state index contributed by atoms with van der Waals surface area (Å²) in [6.07, 6.45) is -0.807. The number of non-ortho nitro benzene ring substituents is 1. The van der Waals surface area contributed by atoms with E-state index in [-0.39, 0.29) is 11.3 Å². The fraction of sp³-hybridized carbons (Fsp3) is 0.133. The summed E-state index contributed by atoms with van der Waals surface area (Å²) < 4.78 is 31.2. The number of hydrogen-bond donors (Lipinski definition) is 0. The number of carbonyl (C=O) groups excluding carboxylic acids is 1. The van der Waals surface area contributed by atoms with Crippen molar-refractivity contribution in [3.05, 3.63) is 75.3 Å². The van der Waals surface area contributed by atoms with E-state index in [9.17, 15) is 23.7 Å². The number of benzene rings is 2. The van der Waals surface area contributed by atoms with Crippen LogP contribution in [0.5, 0.6) is 0 Å². The molecule has 114 valence electrons. The first kappa shape index (κ1) is 15.6. The Kier molecular flexibility index (Phi) is 4.45. The van der Waals surface area contributed by atoms with Gasteiger partial charge >= 0.3 is 5.97 Å². The standard InChI is InChI=1S/C15H11F2NO4/c1-9(10-3-2-4-14(7-10)18(20)21)22-15(19)11-5-12(16)8-13(17)6-11/h2-9H,1H3/t9-/m1/s1. The van der Waals surface area contributed by atoms with Gasteiger partial charge in [-0.1, -0.05) is 12.1 Å². The van der Waals surface area contributed by atoms with Gasteiger partial charge in [-0.05, 0) is 24.6 Å². The summed E-state index contributed by atoms with van der Waals surface area (Å²) in [5.74, 6) is -2.71. The van der Waals surface area contributed by atoms with Crippen LogP contribution in [0.15, 0.2) is 42.5 Å². The number of nitro benzene ring substituents is 1. The summed E-state index contributed by atoms with van der Waals surface area (Å²) in [4.78, 5) is 22.0. The highest BCUT2D eigenvalue weighted by molar-refractivity contribution is 5.89. The second-order valence-corrected chi connectivity index (χ2v) is 4.56. The van der Waals surface area contributed by atoms with E-state index in [0.29, 0.717) is 11.6 Å². The molecule has 1 atom stereocenters. The van der Waals surface area contributed by atoms with Gasteiger partial charge in [0.1, 0.15) is 17.7 Å². The molecule has 0 heterocycles. The number of halogens is 2. The van der Waals surface area contributed by atoms with Gasteiger partial charge in [0.25, 0.3) is 5.69 Å². The Balaban J connectivity index is 2.17. The van der Waals surface area contributed by atoms with Gasteiger partial charge in [-0.3, -0.25) is 10.1 Å². The fourth-order valence-corrected chi connectivity index (χ4v) is 1.86. The first-order valence-electron chi connectivity index (χ1n) is 6.28. The van der Waals surface area contributed by atoms with Crippen LogP contribution < -0.4 is 0 Å². The van der Waals surface area contributed by atoms with Gasteiger partial charge in [-0.25, -0.2) is 13.6 Å². The van der Waals surface area contributed by atoms with Gasteiger partial charge in [0.15, 0.2) is 0 Å². The molecule has 2 aromatic rings. The lowest BCUT2D eigenvalue weighted by atomic mass is 10.1. The summed E-state index contributed by atoms with van der Waals surface area (Å²) in [6.45, 7) is 1.51. The summed E-state index contributed by atoms with van der Waals surface area (Å²) in [5, 5.41) is 10.7. The molecule has 0 aliphatic rings. The van der Waals surface area contributed by atoms with Crippen molar-refractivity contribution in [2.45, 2.75) is 13.0 Å². The maximum atomic E-state index is 13.1. The summed E-state index contributed by atoms with van der Waals surface area (Å²) in [7, 11) is 0. The first-order valence-corrected chi connectivity index (χ1v) is 6.28. The number of hydrogen-bond acceptors (Lipinski definition) is 4. The van der Waals surface area contributed by atoms with Gasteiger partial charge in [0, 0.05) is 18.2 Å². The molecule has 2 rings (SSSR count). The van der Waals surface area contributed by atoms with Crippen LogP contribution in [-0.4, -0.2) is 10.9 Å². The number of nitrogens with zero attached hydrogens (tertiary/aromatic N) is 1. The highest BCUT2D eigenvalue weighted by atomic mass is 19.1. The largest absolute Gasteiger partial charge is 0.454 e. The van der Waals surface area contributed by atoms with E-state index >= 15 is 0 Å². The third-order valence-corrected chi connectivity index (χ3v) is 2.93. The third kappa shape index (κ3) is 3.63. The van der Waals surface area contributed by atoms with Crippen LogP contribution >= 0.6 is 0 Å². The zero-order valence-corrected chi connectivity index (χ0v) is 11.5. The molecule has 0 spiro atoms. The molecule has 0 aromatic heterocycles. The molecule has 22 heavy (non-hydrogen) atoms. The topological polar surface area (TPSA) is 69.4 Å². The molecule has 0 aliphatic heterocycles. The minimum absolute atomic E-state index is 0.141. The van der Waals surface area contributed by atoms with Gasteiger partial charge < -0.3 is 4.74 Å². The Morgan fingerprint density at radius 3 is 2.41 bits per heavy atom. The van der Waals surface area contributed by atoms with Gasteiger partial charge in [0.2, 0.25) is 0 Å². The maximum Gasteiger partial charge on any atom is 0.338 e. The van der Waals surface area contributed by atoms with E-state index in [1.54, 1.807) is 6.07 Å². The van der Waals surface area contributed by atoms with Crippen molar-refractivity contribution >= 4 is 11.7 Å². The highest BCUT2D eigenvalue weighted by Gasteiger charge is 2.17. The molecule has 0 saturated carbocycles. The second-order valence-electron chi connectivity index (χ2n) is 4.56. The van der Waals surface area contributed by atoms with Gasteiger partial charge in [0.05, 0.1) is 10.5 Å². The Morgan fingerprint density at radius 1 is 1.18 bits per heavy atom. The molecule has 0 unspecified atom stereocenters. The Bertz CT molecular complexity index is 713. The molecular formula is C15H11F2NO4. The Morgan fingerprint density at radius 2 is 1.82 bits per heavy atom. The average molecular weight is 307 g/mol. The molecular weight excluding hydrogens is 296 g/mol. The molecule has 0 fully saturated rings. The van der Waals surface area contributed by atoms with Crippen LogP contribution in [0.1, 0.15) is 28.9 Å². The fourth-order valence-electron chi connectivity index (χ4n) is 1.86. The molecule has 0 radical (unpaired) electrons. The van der Waals surface area contributed by atoms with Crippen molar-refractivity contribution in [3.63, 3.8) is 0 Å². The van der Waals surface area contributed by atoms with Crippen molar-refractivity contribution in [1.82, 2.24) is 0 Å². The van der Waals surface area contributed by atoms with Crippen molar-refractivity contribution in [3.8, 4) is 0 Å². The summed E-state index contributed by atoms with van der Waals surface area (Å²) in [5.41, 5.74) is -0.00796. The second kappa shape index (κ2) is 6.30. The summed E-state index contributed by atoms with van der Waals surface area (Å²) in [6, 6.07) is 7.93. The van der Waals surface area contributed by atoms with Crippen molar-refractivity contribution < 1.29 is 23.2 Å². The van der Waals surface area contributed by atoms with Gasteiger partial charge in [-0.2, -0.15) is 0 Å². The normalized spacial score (nSPS) is 11.8. The number of carbonyl (C=O) groups is 1. The van der Waals surface area contributed by atoms with Crippen LogP contribution in [0.4, 0.5) is 14.5 Å². The molecule has 0 N–H and O–H groups in total.